The molecule has 3 rings (SSSR count). The second kappa shape index (κ2) is 8.86. The zero-order chi connectivity index (χ0) is 21.9. The maximum Gasteiger partial charge on any atom is 0.243 e. The molecule has 1 saturated heterocycles. The molecule has 0 aliphatic carbocycles. The van der Waals surface area contributed by atoms with Gasteiger partial charge >= 0.3 is 0 Å². The molecular weight excluding hydrogens is 403 g/mol. The van der Waals surface area contributed by atoms with Crippen LogP contribution in [0.15, 0.2) is 53.4 Å². The Hall–Kier alpha value is -2.25. The number of carbonyl (C=O) groups excluding carboxylic acids is 1. The van der Waals surface area contributed by atoms with Crippen molar-refractivity contribution in [3.63, 3.8) is 0 Å². The summed E-state index contributed by atoms with van der Waals surface area (Å²) in [5.41, 5.74) is 1.80. The summed E-state index contributed by atoms with van der Waals surface area (Å²) >= 11 is 0. The molecule has 0 saturated carbocycles. The molecule has 2 aromatic rings. The molecular formula is C23H29FN2O3S. The van der Waals surface area contributed by atoms with Crippen molar-refractivity contribution in [2.45, 2.75) is 56.4 Å². The molecule has 0 radical (unpaired) electrons. The smallest absolute Gasteiger partial charge is 0.243 e. The maximum absolute atomic E-state index is 13.0. The molecule has 5 nitrogen and oxygen atoms in total. The Labute approximate surface area is 178 Å². The first-order valence-corrected chi connectivity index (χ1v) is 11.6. The first-order valence-electron chi connectivity index (χ1n) is 10.2. The lowest BCUT2D eigenvalue weighted by atomic mass is 9.87. The number of benzene rings is 2. The summed E-state index contributed by atoms with van der Waals surface area (Å²) in [5.74, 6) is -0.471. The number of hydrogen-bond acceptors (Lipinski definition) is 3. The van der Waals surface area contributed by atoms with Crippen LogP contribution in [0.4, 0.5) is 4.39 Å². The zero-order valence-electron chi connectivity index (χ0n) is 17.7. The van der Waals surface area contributed by atoms with E-state index in [1.54, 1.807) is 24.3 Å². The average molecular weight is 433 g/mol. The van der Waals surface area contributed by atoms with Gasteiger partial charge in [-0.05, 0) is 53.6 Å². The third-order valence-electron chi connectivity index (χ3n) is 5.46. The number of piperidine rings is 1. The fourth-order valence-corrected chi connectivity index (χ4v) is 5.05. The minimum absolute atomic E-state index is 0.0350. The second-order valence-corrected chi connectivity index (χ2v) is 10.8. The molecule has 1 N–H and O–H groups in total. The second-order valence-electron chi connectivity index (χ2n) is 8.82. The Morgan fingerprint density at radius 1 is 1.03 bits per heavy atom. The van der Waals surface area contributed by atoms with Gasteiger partial charge in [-0.2, -0.15) is 4.31 Å². The average Bonchev–Trinajstić information content (AvgIpc) is 2.69. The fraction of sp³-hybridized carbons (Fsp3) is 0.435. The standard InChI is InChI=1S/C23H29FN2O3S/c1-23(2,3)18-6-10-21(11-7-18)30(28,29)26-14-12-20(13-15-26)25-22(27)16-17-4-8-19(24)9-5-17/h4-11,20H,12-16H2,1-3H3,(H,25,27). The molecule has 1 aliphatic rings. The lowest BCUT2D eigenvalue weighted by molar-refractivity contribution is -0.121. The number of rotatable bonds is 5. The number of hydrogen-bond donors (Lipinski definition) is 1. The minimum Gasteiger partial charge on any atom is -0.353 e. The molecule has 0 aromatic heterocycles. The van der Waals surface area contributed by atoms with Crippen LogP contribution in [0, 0.1) is 5.82 Å². The van der Waals surface area contributed by atoms with Crippen LogP contribution in [0.25, 0.3) is 0 Å². The number of amides is 1. The predicted molar refractivity (Wildman–Crippen MR) is 115 cm³/mol. The molecule has 162 valence electrons. The highest BCUT2D eigenvalue weighted by Crippen LogP contribution is 2.26. The quantitative estimate of drug-likeness (QED) is 0.785. The number of carbonyl (C=O) groups is 1. The van der Waals surface area contributed by atoms with Crippen LogP contribution in [0.2, 0.25) is 0 Å². The van der Waals surface area contributed by atoms with Crippen LogP contribution >= 0.6 is 0 Å². The molecule has 7 heteroatoms. The largest absolute Gasteiger partial charge is 0.353 e. The first kappa shape index (κ1) is 22.4. The fourth-order valence-electron chi connectivity index (χ4n) is 3.58. The molecule has 1 fully saturated rings. The summed E-state index contributed by atoms with van der Waals surface area (Å²) in [7, 11) is -3.54. The Bertz CT molecular complexity index is 973. The van der Waals surface area contributed by atoms with Crippen molar-refractivity contribution in [1.29, 1.82) is 0 Å². The maximum atomic E-state index is 13.0. The molecule has 0 bridgehead atoms. The van der Waals surface area contributed by atoms with Crippen LogP contribution in [0.5, 0.6) is 0 Å². The molecule has 0 unspecified atom stereocenters. The molecule has 30 heavy (non-hydrogen) atoms. The van der Waals surface area contributed by atoms with Gasteiger partial charge in [0.15, 0.2) is 0 Å². The van der Waals surface area contributed by atoms with E-state index in [0.717, 1.165) is 11.1 Å². The van der Waals surface area contributed by atoms with E-state index >= 15 is 0 Å². The van der Waals surface area contributed by atoms with E-state index in [1.807, 2.05) is 12.1 Å². The van der Waals surface area contributed by atoms with Gasteiger partial charge in [0.1, 0.15) is 5.82 Å². The molecule has 1 amide bonds. The van der Waals surface area contributed by atoms with Crippen molar-refractivity contribution < 1.29 is 17.6 Å². The summed E-state index contributed by atoms with van der Waals surface area (Å²) < 4.78 is 40.4. The van der Waals surface area contributed by atoms with Crippen LogP contribution in [0.1, 0.15) is 44.7 Å². The topological polar surface area (TPSA) is 66.5 Å². The van der Waals surface area contributed by atoms with E-state index in [9.17, 15) is 17.6 Å². The molecule has 2 aromatic carbocycles. The predicted octanol–water partition coefficient (Wildman–Crippen LogP) is 3.64. The van der Waals surface area contributed by atoms with Crippen LogP contribution in [0.3, 0.4) is 0 Å². The normalized spacial score (nSPS) is 16.4. The van der Waals surface area contributed by atoms with Crippen LogP contribution < -0.4 is 5.32 Å². The van der Waals surface area contributed by atoms with E-state index in [2.05, 4.69) is 26.1 Å². The Morgan fingerprint density at radius 3 is 2.13 bits per heavy atom. The number of nitrogens with zero attached hydrogens (tertiary/aromatic N) is 1. The van der Waals surface area contributed by atoms with Gasteiger partial charge in [-0.3, -0.25) is 4.79 Å². The van der Waals surface area contributed by atoms with Gasteiger partial charge in [0.2, 0.25) is 15.9 Å². The number of sulfonamides is 1. The van der Waals surface area contributed by atoms with Gasteiger partial charge in [-0.15, -0.1) is 0 Å². The lowest BCUT2D eigenvalue weighted by Crippen LogP contribution is -2.46. The summed E-state index contributed by atoms with van der Waals surface area (Å²) in [5, 5.41) is 2.96. The molecule has 0 atom stereocenters. The lowest BCUT2D eigenvalue weighted by Gasteiger charge is -2.31. The Balaban J connectivity index is 1.55. The van der Waals surface area contributed by atoms with E-state index < -0.39 is 10.0 Å². The van der Waals surface area contributed by atoms with Crippen LogP contribution in [-0.2, 0) is 26.7 Å². The van der Waals surface area contributed by atoms with Crippen molar-refractivity contribution in [1.82, 2.24) is 9.62 Å². The van der Waals surface area contributed by atoms with Gasteiger partial charge in [0.05, 0.1) is 11.3 Å². The Morgan fingerprint density at radius 2 is 1.60 bits per heavy atom. The molecule has 1 aliphatic heterocycles. The van der Waals surface area contributed by atoms with Crippen molar-refractivity contribution >= 4 is 15.9 Å². The van der Waals surface area contributed by atoms with Gasteiger partial charge in [0, 0.05) is 19.1 Å². The first-order chi connectivity index (χ1) is 14.1. The van der Waals surface area contributed by atoms with E-state index in [4.69, 9.17) is 0 Å². The van der Waals surface area contributed by atoms with Crippen molar-refractivity contribution in [2.75, 3.05) is 13.1 Å². The van der Waals surface area contributed by atoms with E-state index in [0.29, 0.717) is 30.8 Å². The highest BCUT2D eigenvalue weighted by Gasteiger charge is 2.30. The van der Waals surface area contributed by atoms with E-state index in [1.165, 1.54) is 16.4 Å². The van der Waals surface area contributed by atoms with Crippen molar-refractivity contribution in [3.05, 3.63) is 65.5 Å². The SMILES string of the molecule is CC(C)(C)c1ccc(S(=O)(=O)N2CCC(NC(=O)Cc3ccc(F)cc3)CC2)cc1. The van der Waals surface area contributed by atoms with Crippen molar-refractivity contribution in [3.8, 4) is 0 Å². The molecule has 0 spiro atoms. The summed E-state index contributed by atoms with van der Waals surface area (Å²) in [4.78, 5) is 12.5. The molecule has 1 heterocycles. The number of halogens is 1. The number of nitrogens with one attached hydrogen (secondary N) is 1. The Kier molecular flexibility index (Phi) is 6.62. The van der Waals surface area contributed by atoms with Crippen LogP contribution in [-0.4, -0.2) is 37.8 Å². The minimum atomic E-state index is -3.54. The highest BCUT2D eigenvalue weighted by atomic mass is 32.2. The van der Waals surface area contributed by atoms with Crippen molar-refractivity contribution in [2.24, 2.45) is 0 Å². The zero-order valence-corrected chi connectivity index (χ0v) is 18.5. The summed E-state index contributed by atoms with van der Waals surface area (Å²) in [6.45, 7) is 7.00. The third kappa shape index (κ3) is 5.46. The van der Waals surface area contributed by atoms with Gasteiger partial charge in [0.25, 0.3) is 0 Å². The van der Waals surface area contributed by atoms with Gasteiger partial charge in [-0.1, -0.05) is 45.0 Å². The highest BCUT2D eigenvalue weighted by molar-refractivity contribution is 7.89. The van der Waals surface area contributed by atoms with Gasteiger partial charge < -0.3 is 5.32 Å². The summed E-state index contributed by atoms with van der Waals surface area (Å²) in [6, 6.07) is 12.9. The summed E-state index contributed by atoms with van der Waals surface area (Å²) in [6.07, 6.45) is 1.31. The monoisotopic (exact) mass is 432 g/mol. The third-order valence-corrected chi connectivity index (χ3v) is 7.37. The van der Waals surface area contributed by atoms with Gasteiger partial charge in [-0.25, -0.2) is 12.8 Å². The van der Waals surface area contributed by atoms with E-state index in [-0.39, 0.29) is 29.6 Å².